The molecule has 0 radical (unpaired) electrons. The molecule has 4 nitrogen and oxygen atoms in total. The van der Waals surface area contributed by atoms with Crippen molar-refractivity contribution in [2.45, 2.75) is 19.8 Å². The lowest BCUT2D eigenvalue weighted by Crippen LogP contribution is -2.33. The number of carbonyl (C=O) groups is 1. The fourth-order valence-electron chi connectivity index (χ4n) is 1.23. The van der Waals surface area contributed by atoms with Gasteiger partial charge in [0.2, 0.25) is 5.91 Å². The second kappa shape index (κ2) is 5.72. The van der Waals surface area contributed by atoms with Gasteiger partial charge in [0.15, 0.2) is 0 Å². The summed E-state index contributed by atoms with van der Waals surface area (Å²) in [5.41, 5.74) is 0. The molecule has 1 fully saturated rings. The summed E-state index contributed by atoms with van der Waals surface area (Å²) >= 11 is 0. The van der Waals surface area contributed by atoms with Crippen LogP contribution in [0.2, 0.25) is 0 Å². The van der Waals surface area contributed by atoms with E-state index in [4.69, 9.17) is 10.00 Å². The molecule has 84 valence electrons. The quantitative estimate of drug-likeness (QED) is 0.615. The lowest BCUT2D eigenvalue weighted by atomic mass is 10.2. The predicted molar refractivity (Wildman–Crippen MR) is 56.0 cm³/mol. The van der Waals surface area contributed by atoms with Gasteiger partial charge in [-0.25, -0.2) is 0 Å². The van der Waals surface area contributed by atoms with Crippen molar-refractivity contribution in [3.8, 4) is 6.07 Å². The summed E-state index contributed by atoms with van der Waals surface area (Å²) in [4.78, 5) is 13.0. The lowest BCUT2D eigenvalue weighted by Gasteiger charge is -2.18. The van der Waals surface area contributed by atoms with E-state index in [2.05, 4.69) is 0 Å². The smallest absolute Gasteiger partial charge is 0.239 e. The minimum absolute atomic E-state index is 0.132. The molecule has 1 amide bonds. The average Bonchev–Trinajstić information content (AvgIpc) is 3.05. The normalized spacial score (nSPS) is 16.9. The number of hydrogen-bond acceptors (Lipinski definition) is 3. The fraction of sp³-hybridized carbons (Fsp3) is 0.818. The zero-order valence-corrected chi connectivity index (χ0v) is 9.40. The maximum atomic E-state index is 11.5. The van der Waals surface area contributed by atoms with Crippen molar-refractivity contribution in [1.29, 1.82) is 5.26 Å². The van der Waals surface area contributed by atoms with Crippen LogP contribution in [0.15, 0.2) is 0 Å². The molecular formula is C11H18N2O2. The van der Waals surface area contributed by atoms with Gasteiger partial charge >= 0.3 is 0 Å². The highest BCUT2D eigenvalue weighted by Crippen LogP contribution is 2.28. The van der Waals surface area contributed by atoms with Gasteiger partial charge in [0.25, 0.3) is 0 Å². The average molecular weight is 210 g/mol. The second-order valence-electron chi connectivity index (χ2n) is 4.13. The molecule has 1 aliphatic carbocycles. The Hall–Kier alpha value is -1.08. The van der Waals surface area contributed by atoms with E-state index in [9.17, 15) is 4.79 Å². The van der Waals surface area contributed by atoms with Gasteiger partial charge in [-0.2, -0.15) is 5.26 Å². The predicted octanol–water partition coefficient (Wildman–Crippen LogP) is 1.03. The highest BCUT2D eigenvalue weighted by atomic mass is 16.5. The molecule has 0 saturated heterocycles. The van der Waals surface area contributed by atoms with E-state index in [1.807, 2.05) is 6.07 Å². The van der Waals surface area contributed by atoms with Gasteiger partial charge in [-0.3, -0.25) is 4.79 Å². The minimum atomic E-state index is -0.557. The first-order valence-electron chi connectivity index (χ1n) is 5.37. The van der Waals surface area contributed by atoms with E-state index < -0.39 is 5.92 Å². The summed E-state index contributed by atoms with van der Waals surface area (Å²) in [6.07, 6.45) is 2.56. The number of amides is 1. The van der Waals surface area contributed by atoms with Crippen molar-refractivity contribution >= 4 is 5.91 Å². The Labute approximate surface area is 90.8 Å². The molecule has 1 atom stereocenters. The van der Waals surface area contributed by atoms with E-state index >= 15 is 0 Å². The summed E-state index contributed by atoms with van der Waals surface area (Å²) < 4.78 is 5.41. The lowest BCUT2D eigenvalue weighted by molar-refractivity contribution is -0.132. The molecule has 1 aliphatic rings. The van der Waals surface area contributed by atoms with Crippen LogP contribution < -0.4 is 0 Å². The summed E-state index contributed by atoms with van der Waals surface area (Å²) in [5, 5.41) is 8.58. The van der Waals surface area contributed by atoms with Crippen molar-refractivity contribution in [3.63, 3.8) is 0 Å². The monoisotopic (exact) mass is 210 g/mol. The second-order valence-corrected chi connectivity index (χ2v) is 4.13. The van der Waals surface area contributed by atoms with Crippen molar-refractivity contribution < 1.29 is 9.53 Å². The summed E-state index contributed by atoms with van der Waals surface area (Å²) in [5.74, 6) is 0.0648. The maximum Gasteiger partial charge on any atom is 0.239 e. The molecule has 1 unspecified atom stereocenters. The summed E-state index contributed by atoms with van der Waals surface area (Å²) in [6, 6.07) is 1.93. The Bertz CT molecular complexity index is 256. The Morgan fingerprint density at radius 2 is 2.33 bits per heavy atom. The van der Waals surface area contributed by atoms with E-state index in [1.54, 1.807) is 18.9 Å². The van der Waals surface area contributed by atoms with Crippen LogP contribution in [0.1, 0.15) is 19.8 Å². The van der Waals surface area contributed by atoms with Gasteiger partial charge in [0.05, 0.1) is 12.7 Å². The van der Waals surface area contributed by atoms with Crippen LogP contribution in [-0.2, 0) is 9.53 Å². The Morgan fingerprint density at radius 3 is 2.87 bits per heavy atom. The van der Waals surface area contributed by atoms with Crippen molar-refractivity contribution in [3.05, 3.63) is 0 Å². The van der Waals surface area contributed by atoms with Gasteiger partial charge < -0.3 is 9.64 Å². The van der Waals surface area contributed by atoms with Crippen LogP contribution in [0.5, 0.6) is 0 Å². The molecule has 15 heavy (non-hydrogen) atoms. The standard InChI is InChI=1S/C11H18N2O2/c1-9(7-12)11(14)13(2)5-6-15-8-10-3-4-10/h9-10H,3-6,8H2,1-2H3. The first-order valence-corrected chi connectivity index (χ1v) is 5.37. The van der Waals surface area contributed by atoms with E-state index in [0.717, 1.165) is 12.5 Å². The van der Waals surface area contributed by atoms with Crippen LogP contribution in [0.3, 0.4) is 0 Å². The largest absolute Gasteiger partial charge is 0.379 e. The molecule has 0 bridgehead atoms. The zero-order chi connectivity index (χ0) is 11.3. The number of carbonyl (C=O) groups excluding carboxylic acids is 1. The molecular weight excluding hydrogens is 192 g/mol. The van der Waals surface area contributed by atoms with E-state index in [1.165, 1.54) is 12.8 Å². The topological polar surface area (TPSA) is 53.3 Å². The first kappa shape index (κ1) is 12.0. The number of nitriles is 1. The Balaban J connectivity index is 2.08. The number of nitrogens with zero attached hydrogens (tertiary/aromatic N) is 2. The number of rotatable bonds is 6. The SMILES string of the molecule is CC(C#N)C(=O)N(C)CCOCC1CC1. The molecule has 0 aromatic rings. The molecule has 0 N–H and O–H groups in total. The molecule has 4 heteroatoms. The molecule has 1 rings (SSSR count). The third-order valence-corrected chi connectivity index (χ3v) is 2.56. The van der Waals surface area contributed by atoms with E-state index in [-0.39, 0.29) is 5.91 Å². The van der Waals surface area contributed by atoms with Crippen LogP contribution in [0, 0.1) is 23.2 Å². The highest BCUT2D eigenvalue weighted by Gasteiger charge is 2.21. The highest BCUT2D eigenvalue weighted by molar-refractivity contribution is 5.80. The fourth-order valence-corrected chi connectivity index (χ4v) is 1.23. The first-order chi connectivity index (χ1) is 7.15. The van der Waals surface area contributed by atoms with Crippen LogP contribution in [0.4, 0.5) is 0 Å². The Morgan fingerprint density at radius 1 is 1.67 bits per heavy atom. The van der Waals surface area contributed by atoms with Crippen molar-refractivity contribution in [1.82, 2.24) is 4.90 Å². The van der Waals surface area contributed by atoms with Gasteiger partial charge in [-0.05, 0) is 25.7 Å². The summed E-state index contributed by atoms with van der Waals surface area (Å²) in [7, 11) is 1.71. The van der Waals surface area contributed by atoms with Crippen molar-refractivity contribution in [2.24, 2.45) is 11.8 Å². The zero-order valence-electron chi connectivity index (χ0n) is 9.40. The van der Waals surface area contributed by atoms with Crippen LogP contribution >= 0.6 is 0 Å². The van der Waals surface area contributed by atoms with E-state index in [0.29, 0.717) is 13.2 Å². The number of hydrogen-bond donors (Lipinski definition) is 0. The molecule has 0 aromatic carbocycles. The molecule has 0 spiro atoms. The third kappa shape index (κ3) is 4.30. The van der Waals surface area contributed by atoms with Crippen molar-refractivity contribution in [2.75, 3.05) is 26.8 Å². The third-order valence-electron chi connectivity index (χ3n) is 2.56. The molecule has 0 aliphatic heterocycles. The van der Waals surface area contributed by atoms with Crippen LogP contribution in [-0.4, -0.2) is 37.6 Å². The van der Waals surface area contributed by atoms with Crippen LogP contribution in [0.25, 0.3) is 0 Å². The van der Waals surface area contributed by atoms with Gasteiger partial charge in [0.1, 0.15) is 5.92 Å². The molecule has 0 heterocycles. The maximum absolute atomic E-state index is 11.5. The number of likely N-dealkylation sites (N-methyl/N-ethyl adjacent to an activating group) is 1. The van der Waals surface area contributed by atoms with Gasteiger partial charge in [0, 0.05) is 20.2 Å². The van der Waals surface area contributed by atoms with Gasteiger partial charge in [-0.1, -0.05) is 0 Å². The Kier molecular flexibility index (Phi) is 4.57. The van der Waals surface area contributed by atoms with Gasteiger partial charge in [-0.15, -0.1) is 0 Å². The molecule has 0 aromatic heterocycles. The molecule has 1 saturated carbocycles. The minimum Gasteiger partial charge on any atom is -0.379 e. The number of ether oxygens (including phenoxy) is 1. The summed E-state index contributed by atoms with van der Waals surface area (Å²) in [6.45, 7) is 3.56.